The lowest BCUT2D eigenvalue weighted by Crippen LogP contribution is -2.22. The average Bonchev–Trinajstić information content (AvgIpc) is 2.29. The number of benzene rings is 1. The summed E-state index contributed by atoms with van der Waals surface area (Å²) in [6, 6.07) is 7.00. The lowest BCUT2D eigenvalue weighted by atomic mass is 10.2. The van der Waals surface area contributed by atoms with Crippen molar-refractivity contribution in [3.8, 4) is 0 Å². The fraction of sp³-hybridized carbons (Fsp3) is 0.364. The molecule has 18 heavy (non-hydrogen) atoms. The standard InChI is InChI=1S/C11H15NO4S2/c1-17-12(18(2,14)15)11-5-3-4-10(8-11)9-16-7-6-13/h3-6,8H,7,9H2,1-2H3. The zero-order valence-electron chi connectivity index (χ0n) is 10.2. The highest BCUT2D eigenvalue weighted by Crippen LogP contribution is 2.25. The second-order valence-electron chi connectivity index (χ2n) is 3.52. The number of hydrogen-bond acceptors (Lipinski definition) is 5. The largest absolute Gasteiger partial charge is 0.369 e. The second kappa shape index (κ2) is 6.77. The van der Waals surface area contributed by atoms with E-state index in [9.17, 15) is 13.2 Å². The van der Waals surface area contributed by atoms with Gasteiger partial charge in [-0.3, -0.25) is 0 Å². The zero-order valence-corrected chi connectivity index (χ0v) is 11.8. The van der Waals surface area contributed by atoms with Crippen LogP contribution in [0.15, 0.2) is 24.3 Å². The maximum absolute atomic E-state index is 11.6. The van der Waals surface area contributed by atoms with Gasteiger partial charge in [0.2, 0.25) is 10.0 Å². The molecule has 0 aliphatic rings. The van der Waals surface area contributed by atoms with Crippen LogP contribution in [-0.4, -0.2) is 33.8 Å². The summed E-state index contributed by atoms with van der Waals surface area (Å²) in [6.07, 6.45) is 3.52. The molecule has 0 aliphatic carbocycles. The van der Waals surface area contributed by atoms with Crippen molar-refractivity contribution in [2.75, 3.05) is 22.8 Å². The van der Waals surface area contributed by atoms with Crippen LogP contribution in [0.3, 0.4) is 0 Å². The summed E-state index contributed by atoms with van der Waals surface area (Å²) in [6.45, 7) is 0.307. The van der Waals surface area contributed by atoms with Crippen molar-refractivity contribution in [3.05, 3.63) is 29.8 Å². The van der Waals surface area contributed by atoms with E-state index in [1.807, 2.05) is 6.07 Å². The van der Waals surface area contributed by atoms with Gasteiger partial charge < -0.3 is 9.53 Å². The number of carbonyl (C=O) groups is 1. The van der Waals surface area contributed by atoms with Crippen molar-refractivity contribution >= 4 is 33.9 Å². The summed E-state index contributed by atoms with van der Waals surface area (Å²) in [5.74, 6) is 0. The summed E-state index contributed by atoms with van der Waals surface area (Å²) in [5.41, 5.74) is 1.38. The average molecular weight is 289 g/mol. The summed E-state index contributed by atoms with van der Waals surface area (Å²) in [4.78, 5) is 10.1. The molecule has 0 amide bonds. The van der Waals surface area contributed by atoms with E-state index in [4.69, 9.17) is 4.74 Å². The molecule has 0 aliphatic heterocycles. The molecule has 0 radical (unpaired) electrons. The van der Waals surface area contributed by atoms with Gasteiger partial charge in [-0.05, 0) is 29.6 Å². The molecule has 0 saturated carbocycles. The normalized spacial score (nSPS) is 11.2. The van der Waals surface area contributed by atoms with Crippen molar-refractivity contribution in [1.29, 1.82) is 0 Å². The molecule has 0 N–H and O–H groups in total. The third kappa shape index (κ3) is 4.32. The van der Waals surface area contributed by atoms with E-state index < -0.39 is 10.0 Å². The van der Waals surface area contributed by atoms with Gasteiger partial charge in [-0.1, -0.05) is 12.1 Å². The fourth-order valence-corrected chi connectivity index (χ4v) is 3.32. The highest BCUT2D eigenvalue weighted by Gasteiger charge is 2.16. The molecule has 5 nitrogen and oxygen atoms in total. The number of rotatable bonds is 7. The van der Waals surface area contributed by atoms with E-state index in [2.05, 4.69) is 0 Å². The highest BCUT2D eigenvalue weighted by atomic mass is 32.3. The first-order valence-electron chi connectivity index (χ1n) is 5.13. The summed E-state index contributed by atoms with van der Waals surface area (Å²) >= 11 is 1.12. The van der Waals surface area contributed by atoms with Crippen molar-refractivity contribution in [3.63, 3.8) is 0 Å². The monoisotopic (exact) mass is 289 g/mol. The predicted octanol–water partition coefficient (Wildman–Crippen LogP) is 1.45. The van der Waals surface area contributed by atoms with Crippen molar-refractivity contribution in [1.82, 2.24) is 0 Å². The Bertz CT molecular complexity index is 502. The lowest BCUT2D eigenvalue weighted by molar-refractivity contribution is -0.112. The Morgan fingerprint density at radius 2 is 2.17 bits per heavy atom. The van der Waals surface area contributed by atoms with Crippen LogP contribution in [0.5, 0.6) is 0 Å². The molecule has 0 fully saturated rings. The van der Waals surface area contributed by atoms with Crippen molar-refractivity contribution < 1.29 is 17.9 Å². The lowest BCUT2D eigenvalue weighted by Gasteiger charge is -2.19. The number of anilines is 1. The molecule has 0 unspecified atom stereocenters. The van der Waals surface area contributed by atoms with Gasteiger partial charge in [0.25, 0.3) is 0 Å². The molecular weight excluding hydrogens is 274 g/mol. The van der Waals surface area contributed by atoms with Crippen LogP contribution in [0.25, 0.3) is 0 Å². The number of aldehydes is 1. The van der Waals surface area contributed by atoms with Gasteiger partial charge >= 0.3 is 0 Å². The Morgan fingerprint density at radius 3 is 2.72 bits per heavy atom. The number of nitrogens with zero attached hydrogens (tertiary/aromatic N) is 1. The highest BCUT2D eigenvalue weighted by molar-refractivity contribution is 8.14. The Hall–Kier alpha value is -1.05. The summed E-state index contributed by atoms with van der Waals surface area (Å²) in [5, 5.41) is 0. The topological polar surface area (TPSA) is 63.7 Å². The Balaban J connectivity index is 2.89. The molecule has 7 heteroatoms. The Kier molecular flexibility index (Phi) is 5.64. The van der Waals surface area contributed by atoms with E-state index >= 15 is 0 Å². The molecule has 0 spiro atoms. The molecule has 100 valence electrons. The molecule has 0 saturated heterocycles. The van der Waals surface area contributed by atoms with E-state index in [1.54, 1.807) is 24.5 Å². The third-order valence-corrected chi connectivity index (χ3v) is 4.66. The van der Waals surface area contributed by atoms with E-state index in [0.717, 1.165) is 23.8 Å². The number of ether oxygens (including phenoxy) is 1. The zero-order chi connectivity index (χ0) is 13.6. The molecule has 1 aromatic carbocycles. The number of sulfonamides is 1. The van der Waals surface area contributed by atoms with E-state index in [1.165, 1.54) is 3.71 Å². The second-order valence-corrected chi connectivity index (χ2v) is 6.32. The molecule has 0 heterocycles. The van der Waals surface area contributed by atoms with Crippen LogP contribution < -0.4 is 3.71 Å². The van der Waals surface area contributed by atoms with Crippen LogP contribution in [-0.2, 0) is 26.2 Å². The van der Waals surface area contributed by atoms with Gasteiger partial charge in [-0.2, -0.15) is 0 Å². The third-order valence-electron chi connectivity index (χ3n) is 2.04. The van der Waals surface area contributed by atoms with Gasteiger partial charge in [-0.25, -0.2) is 12.1 Å². The molecule has 1 rings (SSSR count). The van der Waals surface area contributed by atoms with Crippen LogP contribution in [0.4, 0.5) is 5.69 Å². The molecule has 0 aromatic heterocycles. The van der Waals surface area contributed by atoms with Gasteiger partial charge in [-0.15, -0.1) is 0 Å². The van der Waals surface area contributed by atoms with Crippen LogP contribution in [0.2, 0.25) is 0 Å². The smallest absolute Gasteiger partial charge is 0.241 e. The van der Waals surface area contributed by atoms with E-state index in [0.29, 0.717) is 12.0 Å². The minimum Gasteiger partial charge on any atom is -0.369 e. The predicted molar refractivity (Wildman–Crippen MR) is 73.0 cm³/mol. The van der Waals surface area contributed by atoms with Crippen molar-refractivity contribution in [2.24, 2.45) is 0 Å². The number of hydrogen-bond donors (Lipinski definition) is 0. The van der Waals surface area contributed by atoms with Gasteiger partial charge in [0, 0.05) is 6.26 Å². The summed E-state index contributed by atoms with van der Waals surface area (Å²) < 4.78 is 29.4. The molecule has 0 bridgehead atoms. The van der Waals surface area contributed by atoms with E-state index in [-0.39, 0.29) is 13.2 Å². The summed E-state index contributed by atoms with van der Waals surface area (Å²) in [7, 11) is -3.31. The maximum atomic E-state index is 11.6. The minimum absolute atomic E-state index is 0.0303. The Morgan fingerprint density at radius 1 is 1.44 bits per heavy atom. The molecule has 1 aromatic rings. The fourth-order valence-electron chi connectivity index (χ4n) is 1.42. The van der Waals surface area contributed by atoms with Crippen LogP contribution >= 0.6 is 11.9 Å². The van der Waals surface area contributed by atoms with Crippen LogP contribution in [0.1, 0.15) is 5.56 Å². The number of carbonyl (C=O) groups excluding carboxylic acids is 1. The first-order chi connectivity index (χ1) is 8.49. The van der Waals surface area contributed by atoms with Gasteiger partial charge in [0.1, 0.15) is 12.9 Å². The SMILES string of the molecule is CSN(c1cccc(COCC=O)c1)S(C)(=O)=O. The maximum Gasteiger partial charge on any atom is 0.241 e. The first-order valence-corrected chi connectivity index (χ1v) is 8.16. The van der Waals surface area contributed by atoms with Gasteiger partial charge in [0.15, 0.2) is 0 Å². The Labute approximate surface area is 111 Å². The van der Waals surface area contributed by atoms with Crippen LogP contribution in [0, 0.1) is 0 Å². The van der Waals surface area contributed by atoms with Gasteiger partial charge in [0.05, 0.1) is 18.6 Å². The minimum atomic E-state index is -3.31. The quantitative estimate of drug-likeness (QED) is 0.432. The first kappa shape index (κ1) is 15.0. The van der Waals surface area contributed by atoms with Crippen molar-refractivity contribution in [2.45, 2.75) is 6.61 Å². The molecule has 0 atom stereocenters. The molecular formula is C11H15NO4S2.